The van der Waals surface area contributed by atoms with Crippen molar-refractivity contribution in [2.24, 2.45) is 0 Å². The number of hydrogen-bond acceptors (Lipinski definition) is 4. The quantitative estimate of drug-likeness (QED) is 0.844. The predicted octanol–water partition coefficient (Wildman–Crippen LogP) is 4.66. The van der Waals surface area contributed by atoms with Crippen LogP contribution in [0.15, 0.2) is 18.2 Å². The van der Waals surface area contributed by atoms with Gasteiger partial charge < -0.3 is 14.8 Å². The lowest BCUT2D eigenvalue weighted by molar-refractivity contribution is 0.349. The van der Waals surface area contributed by atoms with Gasteiger partial charge in [-0.05, 0) is 60.6 Å². The first-order valence-corrected chi connectivity index (χ1v) is 10.2. The van der Waals surface area contributed by atoms with Gasteiger partial charge in [0, 0.05) is 28.3 Å². The smallest absolute Gasteiger partial charge is 0.161 e. The highest BCUT2D eigenvalue weighted by atomic mass is 32.1. The van der Waals surface area contributed by atoms with Crippen LogP contribution in [0.3, 0.4) is 0 Å². The molecule has 0 fully saturated rings. The third-order valence-corrected chi connectivity index (χ3v) is 6.85. The van der Waals surface area contributed by atoms with E-state index in [9.17, 15) is 0 Å². The van der Waals surface area contributed by atoms with E-state index in [1.807, 2.05) is 11.3 Å². The molecule has 2 aromatic rings. The van der Waals surface area contributed by atoms with Gasteiger partial charge in [-0.1, -0.05) is 13.3 Å². The van der Waals surface area contributed by atoms with Crippen molar-refractivity contribution in [2.75, 3.05) is 14.2 Å². The minimum absolute atomic E-state index is 0.443. The van der Waals surface area contributed by atoms with Crippen molar-refractivity contribution in [3.8, 4) is 11.5 Å². The van der Waals surface area contributed by atoms with Gasteiger partial charge in [0.1, 0.15) is 0 Å². The van der Waals surface area contributed by atoms with Crippen molar-refractivity contribution < 1.29 is 9.47 Å². The largest absolute Gasteiger partial charge is 0.493 e. The number of rotatable bonds is 5. The maximum absolute atomic E-state index is 5.59. The molecule has 2 heterocycles. The van der Waals surface area contributed by atoms with E-state index in [0.29, 0.717) is 12.0 Å². The second-order valence-electron chi connectivity index (χ2n) is 7.10. The fraction of sp³-hybridized carbons (Fsp3) is 0.524. The Morgan fingerprint density at radius 1 is 1.12 bits per heavy atom. The molecule has 2 aliphatic rings. The molecular formula is C21H27NO2S. The summed E-state index contributed by atoms with van der Waals surface area (Å²) in [5.41, 5.74) is 4.38. The van der Waals surface area contributed by atoms with Crippen molar-refractivity contribution in [1.29, 1.82) is 0 Å². The predicted molar refractivity (Wildman–Crippen MR) is 103 cm³/mol. The van der Waals surface area contributed by atoms with Crippen LogP contribution in [-0.2, 0) is 19.4 Å². The van der Waals surface area contributed by atoms with Crippen LogP contribution < -0.4 is 14.8 Å². The summed E-state index contributed by atoms with van der Waals surface area (Å²) in [5.74, 6) is 2.13. The molecule has 1 aliphatic carbocycles. The molecule has 1 aliphatic heterocycles. The van der Waals surface area contributed by atoms with Gasteiger partial charge in [-0.3, -0.25) is 0 Å². The Labute approximate surface area is 154 Å². The van der Waals surface area contributed by atoms with Crippen LogP contribution in [-0.4, -0.2) is 20.3 Å². The average molecular weight is 358 g/mol. The van der Waals surface area contributed by atoms with Crippen molar-refractivity contribution in [2.45, 2.75) is 57.5 Å². The molecule has 0 saturated heterocycles. The highest BCUT2D eigenvalue weighted by molar-refractivity contribution is 7.12. The Morgan fingerprint density at radius 3 is 2.68 bits per heavy atom. The van der Waals surface area contributed by atoms with Crippen molar-refractivity contribution in [1.82, 2.24) is 5.32 Å². The number of hydrogen-bond donors (Lipinski definition) is 1. The zero-order chi connectivity index (χ0) is 17.4. The Kier molecular flexibility index (Phi) is 4.74. The van der Waals surface area contributed by atoms with E-state index in [0.717, 1.165) is 24.5 Å². The summed E-state index contributed by atoms with van der Waals surface area (Å²) in [6.45, 7) is 3.29. The van der Waals surface area contributed by atoms with Crippen LogP contribution in [0.2, 0.25) is 0 Å². The molecule has 3 nitrogen and oxygen atoms in total. The Morgan fingerprint density at radius 2 is 1.92 bits per heavy atom. The van der Waals surface area contributed by atoms with E-state index in [1.54, 1.807) is 24.7 Å². The highest BCUT2D eigenvalue weighted by Gasteiger charge is 2.36. The van der Waals surface area contributed by atoms with E-state index in [1.165, 1.54) is 41.7 Å². The molecule has 1 aromatic heterocycles. The molecule has 134 valence electrons. The summed E-state index contributed by atoms with van der Waals surface area (Å²) in [7, 11) is 3.44. The average Bonchev–Trinajstić information content (AvgIpc) is 3.07. The number of aryl methyl sites for hydroxylation is 2. The van der Waals surface area contributed by atoms with Gasteiger partial charge in [0.15, 0.2) is 11.5 Å². The van der Waals surface area contributed by atoms with Gasteiger partial charge in [0.2, 0.25) is 0 Å². The summed E-state index contributed by atoms with van der Waals surface area (Å²) < 4.78 is 11.1. The van der Waals surface area contributed by atoms with Crippen molar-refractivity contribution in [3.63, 3.8) is 0 Å². The number of benzene rings is 1. The molecule has 25 heavy (non-hydrogen) atoms. The zero-order valence-electron chi connectivity index (χ0n) is 15.4. The Bertz CT molecular complexity index is 767. The monoisotopic (exact) mass is 357 g/mol. The normalized spacial score (nSPS) is 21.2. The molecule has 0 spiro atoms. The number of methoxy groups -OCH3 is 2. The lowest BCUT2D eigenvalue weighted by Gasteiger charge is -2.38. The number of ether oxygens (including phenoxy) is 2. The first-order valence-electron chi connectivity index (χ1n) is 9.34. The fourth-order valence-electron chi connectivity index (χ4n) is 4.34. The molecule has 2 atom stereocenters. The molecule has 4 heteroatoms. The first kappa shape index (κ1) is 16.9. The first-order chi connectivity index (χ1) is 12.2. The summed E-state index contributed by atoms with van der Waals surface area (Å²) in [5, 5.41) is 3.79. The third-order valence-electron chi connectivity index (χ3n) is 5.64. The number of fused-ring (bicyclic) bond motifs is 5. The highest BCUT2D eigenvalue weighted by Crippen LogP contribution is 2.46. The zero-order valence-corrected chi connectivity index (χ0v) is 16.2. The fourth-order valence-corrected chi connectivity index (χ4v) is 5.55. The van der Waals surface area contributed by atoms with E-state index in [-0.39, 0.29) is 0 Å². The molecule has 1 aromatic carbocycles. The van der Waals surface area contributed by atoms with Gasteiger partial charge in [-0.25, -0.2) is 0 Å². The number of unbranched alkanes of at least 4 members (excludes halogenated alkanes) is 1. The second-order valence-corrected chi connectivity index (χ2v) is 8.33. The van der Waals surface area contributed by atoms with E-state index < -0.39 is 0 Å². The minimum Gasteiger partial charge on any atom is -0.493 e. The van der Waals surface area contributed by atoms with Crippen molar-refractivity contribution in [3.05, 3.63) is 44.6 Å². The van der Waals surface area contributed by atoms with E-state index in [2.05, 4.69) is 30.4 Å². The Balaban J connectivity index is 1.77. The molecule has 1 N–H and O–H groups in total. The Hall–Kier alpha value is -1.52. The van der Waals surface area contributed by atoms with Crippen LogP contribution in [0, 0.1) is 0 Å². The van der Waals surface area contributed by atoms with Crippen molar-refractivity contribution >= 4 is 11.3 Å². The van der Waals surface area contributed by atoms with Crippen LogP contribution in [0.1, 0.15) is 58.5 Å². The maximum atomic E-state index is 5.59. The lowest BCUT2D eigenvalue weighted by atomic mass is 9.74. The molecule has 0 amide bonds. The van der Waals surface area contributed by atoms with Gasteiger partial charge in [0.25, 0.3) is 0 Å². The van der Waals surface area contributed by atoms with Crippen LogP contribution >= 0.6 is 11.3 Å². The molecular weight excluding hydrogens is 330 g/mol. The number of thiophene rings is 1. The standard InChI is InChI=1S/C21H27NO2S/c1-4-5-6-14-10-16-20(25-14)12-22-17-8-7-13-9-18(23-2)19(24-3)11-15(13)21(16)17/h9-11,17,21-22H,4-8,12H2,1-3H3/t17-,21+/m0/s1. The van der Waals surface area contributed by atoms with Crippen LogP contribution in [0.4, 0.5) is 0 Å². The summed E-state index contributed by atoms with van der Waals surface area (Å²) in [6, 6.07) is 7.42. The van der Waals surface area contributed by atoms with Gasteiger partial charge in [0.05, 0.1) is 14.2 Å². The molecule has 0 unspecified atom stereocenters. The second kappa shape index (κ2) is 7.00. The molecule has 0 bridgehead atoms. The van der Waals surface area contributed by atoms with Gasteiger partial charge >= 0.3 is 0 Å². The molecule has 4 rings (SSSR count). The van der Waals surface area contributed by atoms with E-state index >= 15 is 0 Å². The molecule has 0 radical (unpaired) electrons. The van der Waals surface area contributed by atoms with Gasteiger partial charge in [-0.2, -0.15) is 0 Å². The summed E-state index contributed by atoms with van der Waals surface area (Å²) >= 11 is 2.00. The molecule has 0 saturated carbocycles. The lowest BCUT2D eigenvalue weighted by Crippen LogP contribution is -2.42. The van der Waals surface area contributed by atoms with Crippen LogP contribution in [0.25, 0.3) is 0 Å². The van der Waals surface area contributed by atoms with Gasteiger partial charge in [-0.15, -0.1) is 11.3 Å². The maximum Gasteiger partial charge on any atom is 0.161 e. The third kappa shape index (κ3) is 2.96. The van der Waals surface area contributed by atoms with E-state index in [4.69, 9.17) is 9.47 Å². The SMILES string of the molecule is CCCCc1cc2c(s1)CN[C@H]1CCc3cc(OC)c(OC)cc3[C@H]21. The minimum atomic E-state index is 0.443. The van der Waals surface area contributed by atoms with Crippen LogP contribution in [0.5, 0.6) is 11.5 Å². The summed E-state index contributed by atoms with van der Waals surface area (Å²) in [6.07, 6.45) is 6.04. The topological polar surface area (TPSA) is 30.5 Å². The number of nitrogens with one attached hydrogen (secondary N) is 1. The summed E-state index contributed by atoms with van der Waals surface area (Å²) in [4.78, 5) is 3.07.